The second-order valence-corrected chi connectivity index (χ2v) is 8.16. The molecule has 3 nitrogen and oxygen atoms in total. The molecule has 0 unspecified atom stereocenters. The lowest BCUT2D eigenvalue weighted by molar-refractivity contribution is 0.582. The molecule has 0 saturated carbocycles. The zero-order valence-corrected chi connectivity index (χ0v) is 14.1. The topological polar surface area (TPSA) is 46.2 Å². The van der Waals surface area contributed by atoms with Crippen LogP contribution in [0.2, 0.25) is 0 Å². The van der Waals surface area contributed by atoms with E-state index in [1.54, 1.807) is 37.4 Å². The molecule has 0 amide bonds. The monoisotopic (exact) mass is 377 g/mol. The number of hydrogen-bond donors (Lipinski definition) is 1. The summed E-state index contributed by atoms with van der Waals surface area (Å²) in [5, 5.41) is 1.70. The van der Waals surface area contributed by atoms with Crippen LogP contribution in [0.25, 0.3) is 0 Å². The summed E-state index contributed by atoms with van der Waals surface area (Å²) in [6, 6.07) is 4.98. The van der Waals surface area contributed by atoms with Gasteiger partial charge in [0.05, 0.1) is 0 Å². The van der Waals surface area contributed by atoms with E-state index >= 15 is 0 Å². The van der Waals surface area contributed by atoms with Gasteiger partial charge in [0.2, 0.25) is 0 Å². The quantitative estimate of drug-likeness (QED) is 0.881. The van der Waals surface area contributed by atoms with Crippen molar-refractivity contribution in [2.45, 2.75) is 24.6 Å². The largest absolute Gasteiger partial charge is 0.251 e. The highest BCUT2D eigenvalue weighted by Crippen LogP contribution is 2.27. The average Bonchev–Trinajstić information content (AvgIpc) is 2.80. The Balaban J connectivity index is 2.19. The van der Waals surface area contributed by atoms with Gasteiger partial charge >= 0.3 is 0 Å². The molecule has 0 fully saturated rings. The molecule has 1 aromatic carbocycles. The van der Waals surface area contributed by atoms with Crippen molar-refractivity contribution in [3.05, 3.63) is 50.6 Å². The molecule has 1 aromatic heterocycles. The summed E-state index contributed by atoms with van der Waals surface area (Å²) >= 11 is 4.35. The van der Waals surface area contributed by atoms with E-state index < -0.39 is 10.0 Å². The maximum atomic E-state index is 13.5. The maximum absolute atomic E-state index is 13.5. The van der Waals surface area contributed by atoms with Gasteiger partial charge in [-0.25, -0.2) is 17.5 Å². The van der Waals surface area contributed by atoms with E-state index in [0.29, 0.717) is 15.6 Å². The van der Waals surface area contributed by atoms with Gasteiger partial charge in [-0.3, -0.25) is 0 Å². The summed E-state index contributed by atoms with van der Waals surface area (Å²) in [4.78, 5) is 0. The van der Waals surface area contributed by atoms with E-state index in [1.807, 2.05) is 0 Å². The number of halogens is 2. The lowest BCUT2D eigenvalue weighted by Crippen LogP contribution is -2.22. The molecule has 2 aromatic rings. The Morgan fingerprint density at radius 2 is 1.90 bits per heavy atom. The molecule has 1 heterocycles. The minimum absolute atomic E-state index is 0.134. The number of nitrogens with one attached hydrogen (secondary N) is 1. The molecule has 0 bridgehead atoms. The van der Waals surface area contributed by atoms with Gasteiger partial charge < -0.3 is 0 Å². The molecule has 0 saturated heterocycles. The van der Waals surface area contributed by atoms with E-state index in [4.69, 9.17) is 0 Å². The molecule has 20 heavy (non-hydrogen) atoms. The second kappa shape index (κ2) is 5.93. The Kier molecular flexibility index (Phi) is 4.63. The lowest BCUT2D eigenvalue weighted by Gasteiger charge is -2.08. The van der Waals surface area contributed by atoms with Crippen molar-refractivity contribution in [2.24, 2.45) is 0 Å². The Morgan fingerprint density at radius 3 is 2.40 bits per heavy atom. The zero-order chi connectivity index (χ0) is 14.9. The van der Waals surface area contributed by atoms with Crippen LogP contribution in [-0.2, 0) is 16.6 Å². The highest BCUT2D eigenvalue weighted by Gasteiger charge is 2.19. The van der Waals surface area contributed by atoms with Crippen LogP contribution in [0, 0.1) is 19.7 Å². The van der Waals surface area contributed by atoms with Crippen LogP contribution in [0.4, 0.5) is 4.39 Å². The van der Waals surface area contributed by atoms with Crippen molar-refractivity contribution in [3.63, 3.8) is 0 Å². The van der Waals surface area contributed by atoms with Gasteiger partial charge in [-0.15, -0.1) is 11.3 Å². The minimum atomic E-state index is -3.55. The van der Waals surface area contributed by atoms with Crippen LogP contribution in [0.15, 0.2) is 32.3 Å². The smallest absolute Gasteiger partial charge is 0.206 e. The Hall–Kier alpha value is -0.760. The molecular weight excluding hydrogens is 365 g/mol. The first-order valence-electron chi connectivity index (χ1n) is 5.79. The maximum Gasteiger partial charge on any atom is 0.251 e. The van der Waals surface area contributed by atoms with Crippen molar-refractivity contribution in [1.82, 2.24) is 4.72 Å². The van der Waals surface area contributed by atoms with Gasteiger partial charge in [0.25, 0.3) is 10.0 Å². The van der Waals surface area contributed by atoms with Crippen molar-refractivity contribution in [2.75, 3.05) is 0 Å². The third-order valence-corrected chi connectivity index (χ3v) is 6.86. The summed E-state index contributed by atoms with van der Waals surface area (Å²) < 4.78 is 41.1. The highest BCUT2D eigenvalue weighted by molar-refractivity contribution is 9.10. The van der Waals surface area contributed by atoms with Gasteiger partial charge in [0, 0.05) is 11.0 Å². The molecule has 0 aliphatic heterocycles. The lowest BCUT2D eigenvalue weighted by atomic mass is 10.1. The molecule has 2 rings (SSSR count). The number of sulfonamides is 1. The fraction of sp³-hybridized carbons (Fsp3) is 0.231. The van der Waals surface area contributed by atoms with Crippen molar-refractivity contribution in [3.8, 4) is 0 Å². The summed E-state index contributed by atoms with van der Waals surface area (Å²) in [7, 11) is -3.55. The number of rotatable bonds is 4. The van der Waals surface area contributed by atoms with Crippen LogP contribution in [0.3, 0.4) is 0 Å². The number of thiophene rings is 1. The molecule has 108 valence electrons. The van der Waals surface area contributed by atoms with Crippen molar-refractivity contribution in [1.29, 1.82) is 0 Å². The molecule has 1 N–H and O–H groups in total. The van der Waals surface area contributed by atoms with Gasteiger partial charge in [0.15, 0.2) is 0 Å². The standard InChI is InChI=1S/C13H13BrFNO2S2/c1-8-5-10(6-9(2)12(8)15)7-16-20(17,18)13-11(14)3-4-19-13/h3-6,16H,7H2,1-2H3. The van der Waals surface area contributed by atoms with E-state index in [1.165, 1.54) is 0 Å². The minimum Gasteiger partial charge on any atom is -0.206 e. The molecule has 0 radical (unpaired) electrons. The SMILES string of the molecule is Cc1cc(CNS(=O)(=O)c2sccc2Br)cc(C)c1F. The molecular formula is C13H13BrFNO2S2. The summed E-state index contributed by atoms with van der Waals surface area (Å²) in [6.07, 6.45) is 0. The molecule has 0 aliphatic rings. The second-order valence-electron chi connectivity index (χ2n) is 4.42. The molecule has 0 spiro atoms. The zero-order valence-electron chi connectivity index (χ0n) is 10.9. The third-order valence-electron chi connectivity index (χ3n) is 2.79. The van der Waals surface area contributed by atoms with Crippen molar-refractivity contribution >= 4 is 37.3 Å². The Bertz CT molecular complexity index is 718. The number of hydrogen-bond acceptors (Lipinski definition) is 3. The average molecular weight is 378 g/mol. The summed E-state index contributed by atoms with van der Waals surface area (Å²) in [5.74, 6) is -0.252. The summed E-state index contributed by atoms with van der Waals surface area (Å²) in [6.45, 7) is 3.46. The van der Waals surface area contributed by atoms with E-state index in [9.17, 15) is 12.8 Å². The predicted molar refractivity (Wildman–Crippen MR) is 81.9 cm³/mol. The van der Waals surface area contributed by atoms with Gasteiger partial charge in [0.1, 0.15) is 10.0 Å². The highest BCUT2D eigenvalue weighted by atomic mass is 79.9. The van der Waals surface area contributed by atoms with E-state index in [-0.39, 0.29) is 16.6 Å². The fourth-order valence-electron chi connectivity index (χ4n) is 1.85. The molecule has 0 aliphatic carbocycles. The first-order chi connectivity index (χ1) is 9.31. The normalized spacial score (nSPS) is 11.8. The van der Waals surface area contributed by atoms with Gasteiger partial charge in [-0.1, -0.05) is 12.1 Å². The third kappa shape index (κ3) is 3.28. The van der Waals surface area contributed by atoms with Gasteiger partial charge in [-0.05, 0) is 57.9 Å². The van der Waals surface area contributed by atoms with Crippen LogP contribution in [0.1, 0.15) is 16.7 Å². The van der Waals surface area contributed by atoms with Gasteiger partial charge in [-0.2, -0.15) is 0 Å². The Labute approximate surface area is 130 Å². The van der Waals surface area contributed by atoms with Crippen LogP contribution >= 0.6 is 27.3 Å². The Morgan fingerprint density at radius 1 is 1.30 bits per heavy atom. The van der Waals surface area contributed by atoms with Crippen molar-refractivity contribution < 1.29 is 12.8 Å². The van der Waals surface area contributed by atoms with E-state index in [2.05, 4.69) is 20.7 Å². The summed E-state index contributed by atoms with van der Waals surface area (Å²) in [5.41, 5.74) is 1.76. The fourth-order valence-corrected chi connectivity index (χ4v) is 5.25. The first-order valence-corrected chi connectivity index (χ1v) is 8.95. The number of benzene rings is 1. The van der Waals surface area contributed by atoms with E-state index in [0.717, 1.165) is 16.9 Å². The number of aryl methyl sites for hydroxylation is 2. The first kappa shape index (κ1) is 15.6. The molecule has 7 heteroatoms. The molecule has 0 atom stereocenters. The van der Waals surface area contributed by atoms with Crippen LogP contribution in [-0.4, -0.2) is 8.42 Å². The van der Waals surface area contributed by atoms with Crippen LogP contribution < -0.4 is 4.72 Å². The van der Waals surface area contributed by atoms with Crippen LogP contribution in [0.5, 0.6) is 0 Å². The predicted octanol–water partition coefficient (Wildman–Crippen LogP) is 3.75.